The van der Waals surface area contributed by atoms with Crippen molar-refractivity contribution in [2.45, 2.75) is 44.3 Å². The van der Waals surface area contributed by atoms with Gasteiger partial charge in [0.05, 0.1) is 31.9 Å². The van der Waals surface area contributed by atoms with Gasteiger partial charge in [0.2, 0.25) is 16.0 Å². The smallest absolute Gasteiger partial charge is 0.229 e. The predicted octanol–water partition coefficient (Wildman–Crippen LogP) is 3.05. The van der Waals surface area contributed by atoms with Crippen LogP contribution in [-0.2, 0) is 21.3 Å². The maximum Gasteiger partial charge on any atom is 0.229 e. The molecule has 2 heterocycles. The van der Waals surface area contributed by atoms with Gasteiger partial charge in [-0.25, -0.2) is 18.1 Å². The second-order valence-corrected chi connectivity index (χ2v) is 12.1. The highest BCUT2D eigenvalue weighted by Gasteiger charge is 2.28. The second kappa shape index (κ2) is 12.6. The highest BCUT2D eigenvalue weighted by atomic mass is 35.5. The Kier molecular flexibility index (Phi) is 9.53. The molecule has 2 aromatic rings. The Balaban J connectivity index is 1.56. The molecule has 3 N–H and O–H groups in total. The zero-order valence-electron chi connectivity index (χ0n) is 22.5. The molecule has 1 aliphatic carbocycles. The van der Waals surface area contributed by atoms with Crippen LogP contribution in [0, 0.1) is 0 Å². The Morgan fingerprint density at radius 1 is 1.16 bits per heavy atom. The van der Waals surface area contributed by atoms with E-state index in [0.29, 0.717) is 29.1 Å². The van der Waals surface area contributed by atoms with Crippen LogP contribution in [0.5, 0.6) is 5.75 Å². The van der Waals surface area contributed by atoms with Crippen molar-refractivity contribution in [1.29, 1.82) is 0 Å². The molecular weight excluding hydrogens is 530 g/mol. The summed E-state index contributed by atoms with van der Waals surface area (Å²) in [6, 6.07) is 3.75. The summed E-state index contributed by atoms with van der Waals surface area (Å²) >= 11 is 6.44. The van der Waals surface area contributed by atoms with Crippen molar-refractivity contribution in [2.24, 2.45) is 0 Å². The van der Waals surface area contributed by atoms with Gasteiger partial charge in [0.1, 0.15) is 10.8 Å². The monoisotopic (exact) mass is 567 g/mol. The molecular formula is C25H38ClN7O4S. The Morgan fingerprint density at radius 2 is 1.92 bits per heavy atom. The number of fused-ring (bicyclic) bond motifs is 1. The number of rotatable bonds is 10. The number of hydrogen-bond donors (Lipinski definition) is 3. The number of benzene rings is 1. The molecule has 1 aliphatic heterocycles. The normalized spacial score (nSPS) is 20.5. The van der Waals surface area contributed by atoms with Gasteiger partial charge in [0.15, 0.2) is 5.82 Å². The summed E-state index contributed by atoms with van der Waals surface area (Å²) in [5.41, 5.74) is 3.02. The van der Waals surface area contributed by atoms with Gasteiger partial charge in [0, 0.05) is 58.1 Å². The van der Waals surface area contributed by atoms with Crippen LogP contribution in [-0.4, -0.2) is 89.1 Å². The van der Waals surface area contributed by atoms with E-state index in [1.165, 1.54) is 18.0 Å². The molecule has 1 aromatic heterocycles. The molecule has 0 unspecified atom stereocenters. The van der Waals surface area contributed by atoms with Crippen LogP contribution in [0.1, 0.15) is 31.2 Å². The first-order valence-electron chi connectivity index (χ1n) is 12.8. The van der Waals surface area contributed by atoms with E-state index in [4.69, 9.17) is 21.1 Å². The Labute approximate surface area is 230 Å². The molecule has 2 atom stereocenters. The van der Waals surface area contributed by atoms with Crippen molar-refractivity contribution in [3.8, 4) is 5.75 Å². The van der Waals surface area contributed by atoms with Crippen molar-refractivity contribution >= 4 is 44.8 Å². The maximum atomic E-state index is 11.9. The fourth-order valence-electron chi connectivity index (χ4n) is 5.05. The number of sulfonamides is 1. The van der Waals surface area contributed by atoms with E-state index < -0.39 is 10.0 Å². The first-order valence-corrected chi connectivity index (χ1v) is 15.1. The number of nitrogens with zero attached hydrogens (tertiary/aromatic N) is 4. The molecule has 1 fully saturated rings. The molecule has 38 heavy (non-hydrogen) atoms. The first-order chi connectivity index (χ1) is 18.2. The van der Waals surface area contributed by atoms with Gasteiger partial charge in [-0.1, -0.05) is 24.4 Å². The maximum absolute atomic E-state index is 11.9. The number of methoxy groups -OCH3 is 2. The van der Waals surface area contributed by atoms with Gasteiger partial charge < -0.3 is 25.0 Å². The SMILES string of the molecule is COCCN1CCN(C)c2cc(Nc3ncc(Cl)c(N[C@@H]4CCCC[C@H]4NS(C)(=O)=O)n3)c(OC)cc2C1. The van der Waals surface area contributed by atoms with Crippen molar-refractivity contribution in [2.75, 3.05) is 69.3 Å². The first kappa shape index (κ1) is 28.6. The molecule has 0 amide bonds. The van der Waals surface area contributed by atoms with Crippen molar-refractivity contribution in [3.05, 3.63) is 28.9 Å². The molecule has 2 aliphatic rings. The fraction of sp³-hybridized carbons (Fsp3) is 0.600. The minimum Gasteiger partial charge on any atom is -0.495 e. The van der Waals surface area contributed by atoms with Gasteiger partial charge >= 0.3 is 0 Å². The van der Waals surface area contributed by atoms with E-state index in [0.717, 1.165) is 63.2 Å². The average molecular weight is 568 g/mol. The Bertz CT molecular complexity index is 1220. The lowest BCUT2D eigenvalue weighted by Gasteiger charge is -2.32. The van der Waals surface area contributed by atoms with Gasteiger partial charge in [0.25, 0.3) is 0 Å². The summed E-state index contributed by atoms with van der Waals surface area (Å²) in [6.45, 7) is 4.17. The largest absolute Gasteiger partial charge is 0.495 e. The second-order valence-electron chi connectivity index (χ2n) is 9.92. The molecule has 11 nitrogen and oxygen atoms in total. The summed E-state index contributed by atoms with van der Waals surface area (Å²) in [4.78, 5) is 13.6. The van der Waals surface area contributed by atoms with Gasteiger partial charge in [-0.15, -0.1) is 0 Å². The highest BCUT2D eigenvalue weighted by molar-refractivity contribution is 7.88. The van der Waals surface area contributed by atoms with E-state index in [2.05, 4.69) is 54.3 Å². The van der Waals surface area contributed by atoms with Crippen LogP contribution in [0.2, 0.25) is 5.02 Å². The number of ether oxygens (including phenoxy) is 2. The molecule has 1 saturated carbocycles. The van der Waals surface area contributed by atoms with E-state index in [1.54, 1.807) is 14.2 Å². The van der Waals surface area contributed by atoms with Crippen molar-refractivity contribution in [1.82, 2.24) is 19.6 Å². The Morgan fingerprint density at radius 3 is 2.63 bits per heavy atom. The van der Waals surface area contributed by atoms with Gasteiger partial charge in [-0.2, -0.15) is 4.98 Å². The van der Waals surface area contributed by atoms with Crippen LogP contribution >= 0.6 is 11.6 Å². The fourth-order valence-corrected chi connectivity index (χ4v) is 6.02. The summed E-state index contributed by atoms with van der Waals surface area (Å²) in [6.07, 6.45) is 6.24. The van der Waals surface area contributed by atoms with Crippen LogP contribution in [0.4, 0.5) is 23.1 Å². The number of hydrogen-bond acceptors (Lipinski definition) is 10. The van der Waals surface area contributed by atoms with E-state index in [-0.39, 0.29) is 12.1 Å². The molecule has 210 valence electrons. The third kappa shape index (κ3) is 7.38. The minimum atomic E-state index is -3.33. The Hall–Kier alpha value is -2.38. The lowest BCUT2D eigenvalue weighted by Crippen LogP contribution is -2.48. The minimum absolute atomic E-state index is 0.129. The third-order valence-corrected chi connectivity index (χ3v) is 8.02. The van der Waals surface area contributed by atoms with E-state index >= 15 is 0 Å². The topological polar surface area (TPSA) is 121 Å². The standard InChI is InChI=1S/C25H38ClN7O4S/c1-32-9-10-33(11-12-36-2)16-17-13-23(37-3)21(14-22(17)32)29-25-27-15-18(26)24(30-25)28-19-7-5-6-8-20(19)31-38(4,34)35/h13-15,19-20,31H,5-12,16H2,1-4H3,(H2,27,28,29,30)/t19-,20-/m1/s1. The number of likely N-dealkylation sites (N-methyl/N-ethyl adjacent to an activating group) is 1. The number of halogens is 1. The van der Waals surface area contributed by atoms with Crippen LogP contribution in [0.25, 0.3) is 0 Å². The van der Waals surface area contributed by atoms with Crippen molar-refractivity contribution in [3.63, 3.8) is 0 Å². The van der Waals surface area contributed by atoms with Crippen LogP contribution in [0.3, 0.4) is 0 Å². The summed E-state index contributed by atoms with van der Waals surface area (Å²) in [7, 11) is 2.11. The zero-order valence-corrected chi connectivity index (χ0v) is 24.0. The molecule has 0 radical (unpaired) electrons. The highest BCUT2D eigenvalue weighted by Crippen LogP contribution is 2.37. The van der Waals surface area contributed by atoms with Gasteiger partial charge in [-0.05, 0) is 30.5 Å². The number of nitrogens with one attached hydrogen (secondary N) is 3. The lowest BCUT2D eigenvalue weighted by atomic mass is 9.91. The molecule has 1 aromatic carbocycles. The van der Waals surface area contributed by atoms with Gasteiger partial charge in [-0.3, -0.25) is 4.90 Å². The lowest BCUT2D eigenvalue weighted by molar-refractivity contribution is 0.147. The summed E-state index contributed by atoms with van der Waals surface area (Å²) < 4.78 is 37.5. The zero-order chi connectivity index (χ0) is 27.3. The van der Waals surface area contributed by atoms with E-state index in [9.17, 15) is 8.42 Å². The number of anilines is 4. The van der Waals surface area contributed by atoms with Crippen LogP contribution < -0.4 is 25.0 Å². The summed E-state index contributed by atoms with van der Waals surface area (Å²) in [5, 5.41) is 7.02. The molecule has 4 rings (SSSR count). The average Bonchev–Trinajstić information content (AvgIpc) is 3.02. The van der Waals surface area contributed by atoms with E-state index in [1.807, 2.05) is 0 Å². The van der Waals surface area contributed by atoms with Crippen molar-refractivity contribution < 1.29 is 17.9 Å². The molecule has 0 saturated heterocycles. The summed E-state index contributed by atoms with van der Waals surface area (Å²) in [5.74, 6) is 1.50. The molecule has 0 spiro atoms. The third-order valence-electron chi connectivity index (χ3n) is 7.01. The van der Waals surface area contributed by atoms with Crippen LogP contribution in [0.15, 0.2) is 18.3 Å². The molecule has 0 bridgehead atoms. The predicted molar refractivity (Wildman–Crippen MR) is 151 cm³/mol. The molecule has 13 heteroatoms. The quantitative estimate of drug-likeness (QED) is 0.395. The number of aromatic nitrogens is 2.